The van der Waals surface area contributed by atoms with Crippen LogP contribution < -0.4 is 10.6 Å². The number of nitrogens with two attached hydrogens (primary N) is 1. The molecule has 5 aromatic rings. The van der Waals surface area contributed by atoms with E-state index in [9.17, 15) is 13.2 Å². The molecule has 0 saturated heterocycles. The van der Waals surface area contributed by atoms with Crippen molar-refractivity contribution in [1.29, 1.82) is 0 Å². The summed E-state index contributed by atoms with van der Waals surface area (Å²) in [7, 11) is -3.78. The molecule has 148 valence electrons. The molecule has 30 heavy (non-hydrogen) atoms. The van der Waals surface area contributed by atoms with Gasteiger partial charge in [-0.05, 0) is 47.3 Å². The lowest BCUT2D eigenvalue weighted by Crippen LogP contribution is -2.11. The van der Waals surface area contributed by atoms with Gasteiger partial charge in [0.2, 0.25) is 10.0 Å². The third-order valence-electron chi connectivity index (χ3n) is 4.91. The van der Waals surface area contributed by atoms with Crippen LogP contribution in [0, 0.1) is 0 Å². The predicted molar refractivity (Wildman–Crippen MR) is 126 cm³/mol. The topological polar surface area (TPSA) is 77.2 Å². The van der Waals surface area contributed by atoms with Gasteiger partial charge in [0.15, 0.2) is 5.43 Å². The highest BCUT2D eigenvalue weighted by molar-refractivity contribution is 7.89. The number of hydrogen-bond acceptors (Lipinski definition) is 5. The van der Waals surface area contributed by atoms with E-state index in [0.29, 0.717) is 10.9 Å². The first-order valence-electron chi connectivity index (χ1n) is 9.10. The van der Waals surface area contributed by atoms with Crippen molar-refractivity contribution < 1.29 is 8.42 Å². The van der Waals surface area contributed by atoms with Crippen LogP contribution in [0.25, 0.3) is 41.1 Å². The second kappa shape index (κ2) is 7.14. The molecule has 7 heteroatoms. The maximum absolute atomic E-state index is 13.5. The van der Waals surface area contributed by atoms with E-state index in [1.54, 1.807) is 23.5 Å². The van der Waals surface area contributed by atoms with Gasteiger partial charge in [0, 0.05) is 24.5 Å². The summed E-state index contributed by atoms with van der Waals surface area (Å²) in [5.41, 5.74) is 1.40. The Morgan fingerprint density at radius 1 is 0.767 bits per heavy atom. The standard InChI is InChI=1S/C23H15NO3S3/c24-30(26,27)16-11-9-14(10-12-16)23-21(20-13-15-5-1-3-7-18(15)28-20)22(25)17-6-2-4-8-19(17)29-23/h1-13H,(H2,24,26,27). The molecule has 0 bridgehead atoms. The van der Waals surface area contributed by atoms with Gasteiger partial charge in [-0.1, -0.05) is 42.5 Å². The Morgan fingerprint density at radius 2 is 1.43 bits per heavy atom. The van der Waals surface area contributed by atoms with Gasteiger partial charge in [-0.15, -0.1) is 22.7 Å². The van der Waals surface area contributed by atoms with E-state index in [1.165, 1.54) is 23.5 Å². The van der Waals surface area contributed by atoms with Crippen LogP contribution >= 0.6 is 22.7 Å². The molecule has 0 aliphatic heterocycles. The average Bonchev–Trinajstić information content (AvgIpc) is 3.17. The van der Waals surface area contributed by atoms with Crippen molar-refractivity contribution in [2.45, 2.75) is 4.90 Å². The summed E-state index contributed by atoms with van der Waals surface area (Å²) in [6, 6.07) is 24.0. The monoisotopic (exact) mass is 449 g/mol. The third kappa shape index (κ3) is 3.26. The van der Waals surface area contributed by atoms with Gasteiger partial charge in [0.05, 0.1) is 10.5 Å². The van der Waals surface area contributed by atoms with Crippen LogP contribution in [0.1, 0.15) is 0 Å². The van der Waals surface area contributed by atoms with E-state index >= 15 is 0 Å². The van der Waals surface area contributed by atoms with Crippen LogP contribution in [-0.4, -0.2) is 8.42 Å². The van der Waals surface area contributed by atoms with Crippen molar-refractivity contribution in [1.82, 2.24) is 0 Å². The Balaban J connectivity index is 1.82. The molecule has 0 saturated carbocycles. The number of hydrogen-bond donors (Lipinski definition) is 1. The molecule has 2 aromatic heterocycles. The molecule has 0 spiro atoms. The molecule has 2 heterocycles. The fourth-order valence-corrected chi connectivity index (χ4v) is 6.36. The van der Waals surface area contributed by atoms with Gasteiger partial charge in [-0.3, -0.25) is 4.79 Å². The Labute approximate surface area is 180 Å². The van der Waals surface area contributed by atoms with Crippen molar-refractivity contribution in [3.63, 3.8) is 0 Å². The molecule has 0 aliphatic rings. The summed E-state index contributed by atoms with van der Waals surface area (Å²) in [5, 5.41) is 7.00. The maximum Gasteiger partial charge on any atom is 0.238 e. The normalized spacial score (nSPS) is 11.9. The minimum atomic E-state index is -3.78. The number of fused-ring (bicyclic) bond motifs is 2. The minimum Gasteiger partial charge on any atom is -0.288 e. The molecule has 5 rings (SSSR count). The number of primary sulfonamides is 1. The van der Waals surface area contributed by atoms with Crippen molar-refractivity contribution in [2.75, 3.05) is 0 Å². The van der Waals surface area contributed by atoms with Crippen LogP contribution in [0.2, 0.25) is 0 Å². The summed E-state index contributed by atoms with van der Waals surface area (Å²) in [5.74, 6) is 0. The van der Waals surface area contributed by atoms with E-state index < -0.39 is 10.0 Å². The van der Waals surface area contributed by atoms with Gasteiger partial charge < -0.3 is 0 Å². The first kappa shape index (κ1) is 19.1. The highest BCUT2D eigenvalue weighted by atomic mass is 32.2. The fourth-order valence-electron chi connectivity index (χ4n) is 3.47. The molecule has 0 fully saturated rings. The van der Waals surface area contributed by atoms with Crippen molar-refractivity contribution in [2.24, 2.45) is 5.14 Å². The number of benzene rings is 3. The second-order valence-corrected chi connectivity index (χ2v) is 10.5. The fraction of sp³-hybridized carbons (Fsp3) is 0. The summed E-state index contributed by atoms with van der Waals surface area (Å²) >= 11 is 3.10. The zero-order valence-electron chi connectivity index (χ0n) is 15.5. The predicted octanol–water partition coefficient (Wildman–Crippen LogP) is 5.46. The molecule has 4 nitrogen and oxygen atoms in total. The molecule has 3 aromatic carbocycles. The van der Waals surface area contributed by atoms with Crippen LogP contribution in [0.3, 0.4) is 0 Å². The highest BCUT2D eigenvalue weighted by Crippen LogP contribution is 2.41. The van der Waals surface area contributed by atoms with Crippen LogP contribution in [0.4, 0.5) is 0 Å². The molecular formula is C23H15NO3S3. The Kier molecular flexibility index (Phi) is 4.56. The first-order valence-corrected chi connectivity index (χ1v) is 12.3. The summed E-state index contributed by atoms with van der Waals surface area (Å²) in [6.07, 6.45) is 0. The number of rotatable bonds is 3. The highest BCUT2D eigenvalue weighted by Gasteiger charge is 2.18. The van der Waals surface area contributed by atoms with E-state index in [1.807, 2.05) is 54.6 Å². The first-order chi connectivity index (χ1) is 14.4. The van der Waals surface area contributed by atoms with Gasteiger partial charge in [-0.25, -0.2) is 13.6 Å². The Hall–Kier alpha value is -2.84. The zero-order valence-corrected chi connectivity index (χ0v) is 18.0. The van der Waals surface area contributed by atoms with Crippen LogP contribution in [0.5, 0.6) is 0 Å². The smallest absolute Gasteiger partial charge is 0.238 e. The largest absolute Gasteiger partial charge is 0.288 e. The molecule has 0 amide bonds. The molecule has 0 radical (unpaired) electrons. The minimum absolute atomic E-state index is 0.0265. The SMILES string of the molecule is NS(=O)(=O)c1ccc(-c2sc3ccccc3c(=O)c2-c2cc3ccccc3s2)cc1. The number of sulfonamides is 1. The molecule has 0 aliphatic carbocycles. The quantitative estimate of drug-likeness (QED) is 0.397. The Morgan fingerprint density at radius 3 is 2.13 bits per heavy atom. The second-order valence-electron chi connectivity index (χ2n) is 6.85. The lowest BCUT2D eigenvalue weighted by atomic mass is 10.1. The van der Waals surface area contributed by atoms with Crippen molar-refractivity contribution in [3.05, 3.63) is 89.1 Å². The maximum atomic E-state index is 13.5. The van der Waals surface area contributed by atoms with E-state index in [4.69, 9.17) is 5.14 Å². The lowest BCUT2D eigenvalue weighted by molar-refractivity contribution is 0.598. The van der Waals surface area contributed by atoms with Gasteiger partial charge in [0.25, 0.3) is 0 Å². The van der Waals surface area contributed by atoms with Crippen LogP contribution in [-0.2, 0) is 10.0 Å². The van der Waals surface area contributed by atoms with E-state index in [2.05, 4.69) is 0 Å². The van der Waals surface area contributed by atoms with Crippen molar-refractivity contribution in [3.8, 4) is 20.9 Å². The summed E-state index contributed by atoms with van der Waals surface area (Å²) < 4.78 is 25.3. The van der Waals surface area contributed by atoms with E-state index in [0.717, 1.165) is 30.1 Å². The Bertz CT molecular complexity index is 1550. The molecule has 0 unspecified atom stereocenters. The third-order valence-corrected chi connectivity index (χ3v) is 8.20. The van der Waals surface area contributed by atoms with Crippen LogP contribution in [0.15, 0.2) is 88.6 Å². The number of thiophene rings is 1. The van der Waals surface area contributed by atoms with Crippen molar-refractivity contribution >= 4 is 52.9 Å². The van der Waals surface area contributed by atoms with Gasteiger partial charge >= 0.3 is 0 Å². The molecule has 2 N–H and O–H groups in total. The van der Waals surface area contributed by atoms with Gasteiger partial charge in [-0.2, -0.15) is 0 Å². The summed E-state index contributed by atoms with van der Waals surface area (Å²) in [6.45, 7) is 0. The summed E-state index contributed by atoms with van der Waals surface area (Å²) in [4.78, 5) is 15.3. The van der Waals surface area contributed by atoms with Gasteiger partial charge in [0.1, 0.15) is 0 Å². The average molecular weight is 450 g/mol. The molecule has 0 atom stereocenters. The van der Waals surface area contributed by atoms with E-state index in [-0.39, 0.29) is 10.3 Å². The zero-order chi connectivity index (χ0) is 20.9. The molecular weight excluding hydrogens is 434 g/mol. The lowest BCUT2D eigenvalue weighted by Gasteiger charge is -2.10.